The van der Waals surface area contributed by atoms with Gasteiger partial charge < -0.3 is 14.5 Å². The molecule has 2 aliphatic carbocycles. The fourth-order valence-electron chi connectivity index (χ4n) is 5.73. The number of amides is 3. The number of nitro groups is 1. The quantitative estimate of drug-likeness (QED) is 0.202. The van der Waals surface area contributed by atoms with Crippen LogP contribution in [0.5, 0.6) is 5.75 Å². The Morgan fingerprint density at radius 3 is 2.62 bits per heavy atom. The van der Waals surface area contributed by atoms with Crippen LogP contribution in [0.3, 0.4) is 0 Å². The summed E-state index contributed by atoms with van der Waals surface area (Å²) in [5, 5.41) is 14.3. The van der Waals surface area contributed by atoms with Crippen molar-refractivity contribution in [2.75, 3.05) is 11.9 Å². The third-order valence-electron chi connectivity index (χ3n) is 7.23. The van der Waals surface area contributed by atoms with E-state index in [1.165, 1.54) is 17.4 Å². The van der Waals surface area contributed by atoms with Crippen molar-refractivity contribution >= 4 is 50.3 Å². The van der Waals surface area contributed by atoms with E-state index in [-0.39, 0.29) is 35.8 Å². The molecule has 3 heterocycles. The summed E-state index contributed by atoms with van der Waals surface area (Å²) < 4.78 is 11.7. The number of ether oxygens (including phenoxy) is 1. The highest BCUT2D eigenvalue weighted by atomic mass is 32.1. The third kappa shape index (κ3) is 3.88. The Bertz CT molecular complexity index is 1450. The number of carbonyl (C=O) groups excluding carboxylic acids is 3. The van der Waals surface area contributed by atoms with Crippen molar-refractivity contribution < 1.29 is 28.5 Å². The minimum Gasteiger partial charge on any atom is -0.494 e. The summed E-state index contributed by atoms with van der Waals surface area (Å²) in [5.74, 6) is -2.04. The highest BCUT2D eigenvalue weighted by molar-refractivity contribution is 7.22. The third-order valence-corrected chi connectivity index (χ3v) is 8.17. The molecule has 12 heteroatoms. The van der Waals surface area contributed by atoms with Gasteiger partial charge in [0.1, 0.15) is 22.5 Å². The van der Waals surface area contributed by atoms with Crippen molar-refractivity contribution in [2.24, 2.45) is 23.7 Å². The number of benzene rings is 1. The van der Waals surface area contributed by atoms with Crippen LogP contribution in [0.1, 0.15) is 31.6 Å². The summed E-state index contributed by atoms with van der Waals surface area (Å²) in [5.41, 5.74) is 0.683. The minimum absolute atomic E-state index is 0.00878. The molecule has 2 fully saturated rings. The van der Waals surface area contributed by atoms with Gasteiger partial charge in [0.15, 0.2) is 5.13 Å². The van der Waals surface area contributed by atoms with Crippen LogP contribution in [0, 0.1) is 33.8 Å². The summed E-state index contributed by atoms with van der Waals surface area (Å²) >= 11 is 1.26. The lowest BCUT2D eigenvalue weighted by Crippen LogP contribution is -2.38. The average Bonchev–Trinajstić information content (AvgIpc) is 3.67. The molecule has 3 aromatic rings. The van der Waals surface area contributed by atoms with Crippen molar-refractivity contribution in [2.45, 2.75) is 25.8 Å². The van der Waals surface area contributed by atoms with Gasteiger partial charge in [0.2, 0.25) is 17.7 Å². The Hall–Kier alpha value is -4.06. The van der Waals surface area contributed by atoms with Gasteiger partial charge in [0.25, 0.3) is 0 Å². The predicted molar refractivity (Wildman–Crippen MR) is 132 cm³/mol. The maximum atomic E-state index is 13.4. The number of nitrogens with zero attached hydrogens (tertiary/aromatic N) is 3. The molecule has 1 aromatic carbocycles. The van der Waals surface area contributed by atoms with Crippen molar-refractivity contribution in [1.82, 2.24) is 9.88 Å². The fourth-order valence-corrected chi connectivity index (χ4v) is 6.64. The van der Waals surface area contributed by atoms with Crippen LogP contribution in [0.25, 0.3) is 10.2 Å². The van der Waals surface area contributed by atoms with Crippen LogP contribution in [-0.2, 0) is 14.4 Å². The lowest BCUT2D eigenvalue weighted by Gasteiger charge is -2.25. The summed E-state index contributed by atoms with van der Waals surface area (Å²) in [4.78, 5) is 56.0. The molecule has 1 N–H and O–H groups in total. The number of furan rings is 1. The Labute approximate surface area is 214 Å². The summed E-state index contributed by atoms with van der Waals surface area (Å²) in [6, 6.07) is 6.79. The Kier molecular flexibility index (Phi) is 5.55. The standard InChI is InChI=1S/C25H22N4O7S/c1-2-35-14-5-6-15-18(10-14)37-25(26-15)27-19(30)11-16(17-7-8-20(36-17)29(33)34)28-23(31)21-12-3-4-13(9-12)22(21)24(28)32/h3-8,10,12-13,16,21-22H,2,9,11H2,1H3,(H,26,27,30). The topological polar surface area (TPSA) is 145 Å². The second-order valence-electron chi connectivity index (χ2n) is 9.33. The van der Waals surface area contributed by atoms with Gasteiger partial charge in [-0.2, -0.15) is 0 Å². The van der Waals surface area contributed by atoms with E-state index >= 15 is 0 Å². The van der Waals surface area contributed by atoms with Gasteiger partial charge in [0, 0.05) is 0 Å². The van der Waals surface area contributed by atoms with Crippen LogP contribution in [0.2, 0.25) is 0 Å². The van der Waals surface area contributed by atoms with Crippen LogP contribution >= 0.6 is 11.3 Å². The number of nitrogens with one attached hydrogen (secondary N) is 1. The van der Waals surface area contributed by atoms with Gasteiger partial charge in [0.05, 0.1) is 41.1 Å². The molecule has 2 aromatic heterocycles. The number of rotatable bonds is 8. The van der Waals surface area contributed by atoms with E-state index in [1.807, 2.05) is 25.1 Å². The van der Waals surface area contributed by atoms with E-state index in [9.17, 15) is 24.5 Å². The molecule has 37 heavy (non-hydrogen) atoms. The highest BCUT2D eigenvalue weighted by Gasteiger charge is 2.61. The van der Waals surface area contributed by atoms with Crippen molar-refractivity contribution in [1.29, 1.82) is 0 Å². The first-order chi connectivity index (χ1) is 17.8. The number of hydrogen-bond donors (Lipinski definition) is 1. The molecule has 0 spiro atoms. The lowest BCUT2D eigenvalue weighted by molar-refractivity contribution is -0.402. The number of allylic oxidation sites excluding steroid dienone is 2. The smallest absolute Gasteiger partial charge is 0.433 e. The van der Waals surface area contributed by atoms with Crippen LogP contribution in [-0.4, -0.2) is 39.1 Å². The molecular weight excluding hydrogens is 500 g/mol. The number of hydrogen-bond acceptors (Lipinski definition) is 9. The molecule has 5 unspecified atom stereocenters. The molecule has 3 amide bonds. The summed E-state index contributed by atoms with van der Waals surface area (Å²) in [6.07, 6.45) is 4.39. The zero-order valence-electron chi connectivity index (χ0n) is 19.7. The second-order valence-corrected chi connectivity index (χ2v) is 10.4. The van der Waals surface area contributed by atoms with Gasteiger partial charge in [-0.3, -0.25) is 29.4 Å². The molecule has 2 bridgehead atoms. The van der Waals surface area contributed by atoms with Crippen LogP contribution in [0.4, 0.5) is 11.0 Å². The van der Waals surface area contributed by atoms with E-state index in [2.05, 4.69) is 10.3 Å². The van der Waals surface area contributed by atoms with Crippen molar-refractivity contribution in [3.63, 3.8) is 0 Å². The molecule has 1 saturated carbocycles. The van der Waals surface area contributed by atoms with E-state index in [0.29, 0.717) is 23.0 Å². The molecular formula is C25H22N4O7S. The van der Waals surface area contributed by atoms with E-state index < -0.39 is 34.6 Å². The first kappa shape index (κ1) is 23.3. The van der Waals surface area contributed by atoms with Gasteiger partial charge in [-0.15, -0.1) is 0 Å². The zero-order chi connectivity index (χ0) is 25.8. The highest BCUT2D eigenvalue weighted by Crippen LogP contribution is 2.54. The van der Waals surface area contributed by atoms with Crippen molar-refractivity contribution in [3.8, 4) is 5.75 Å². The molecule has 5 atom stereocenters. The minimum atomic E-state index is -1.11. The van der Waals surface area contributed by atoms with E-state index in [0.717, 1.165) is 22.1 Å². The number of aromatic nitrogens is 1. The summed E-state index contributed by atoms with van der Waals surface area (Å²) in [7, 11) is 0. The van der Waals surface area contributed by atoms with Crippen molar-refractivity contribution in [3.05, 3.63) is 58.4 Å². The number of fused-ring (bicyclic) bond motifs is 6. The zero-order valence-corrected chi connectivity index (χ0v) is 20.5. The molecule has 1 aliphatic heterocycles. The van der Waals surface area contributed by atoms with Crippen LogP contribution < -0.4 is 10.1 Å². The van der Waals surface area contributed by atoms with Crippen LogP contribution in [0.15, 0.2) is 46.9 Å². The fraction of sp³-hybridized carbons (Fsp3) is 0.360. The number of carbonyl (C=O) groups is 3. The molecule has 190 valence electrons. The lowest BCUT2D eigenvalue weighted by atomic mass is 9.85. The molecule has 0 radical (unpaired) electrons. The van der Waals surface area contributed by atoms with Gasteiger partial charge in [-0.1, -0.05) is 23.5 Å². The van der Waals surface area contributed by atoms with Gasteiger partial charge >= 0.3 is 5.88 Å². The number of thiazole rings is 1. The number of anilines is 1. The maximum absolute atomic E-state index is 13.4. The SMILES string of the molecule is CCOc1ccc2nc(NC(=O)CC(c3ccc([N+](=O)[O-])o3)N3C(=O)C4C5C=CC(C5)C4C3=O)sc2c1. The Morgan fingerprint density at radius 2 is 1.97 bits per heavy atom. The summed E-state index contributed by atoms with van der Waals surface area (Å²) in [6.45, 7) is 2.41. The largest absolute Gasteiger partial charge is 0.494 e. The van der Waals surface area contributed by atoms with E-state index in [1.54, 1.807) is 12.1 Å². The molecule has 3 aliphatic rings. The maximum Gasteiger partial charge on any atom is 0.433 e. The molecule has 11 nitrogen and oxygen atoms in total. The number of imide groups is 1. The monoisotopic (exact) mass is 522 g/mol. The average molecular weight is 523 g/mol. The number of likely N-dealkylation sites (tertiary alicyclic amines) is 1. The first-order valence-corrected chi connectivity index (χ1v) is 12.8. The normalized spacial score (nSPS) is 24.6. The Balaban J connectivity index is 1.27. The molecule has 6 rings (SSSR count). The van der Waals surface area contributed by atoms with E-state index in [4.69, 9.17) is 9.15 Å². The first-order valence-electron chi connectivity index (χ1n) is 12.0. The van der Waals surface area contributed by atoms with Gasteiger partial charge in [-0.25, -0.2) is 4.98 Å². The Morgan fingerprint density at radius 1 is 1.24 bits per heavy atom. The van der Waals surface area contributed by atoms with Gasteiger partial charge in [-0.05, 0) is 49.4 Å². The predicted octanol–water partition coefficient (Wildman–Crippen LogP) is 4.07. The molecule has 1 saturated heterocycles. The second kappa shape index (κ2) is 8.80.